The van der Waals surface area contributed by atoms with Gasteiger partial charge < -0.3 is 0 Å². The quantitative estimate of drug-likeness (QED) is 0.845. The number of rotatable bonds is 5. The topological polar surface area (TPSA) is 30.0 Å². The number of pyridine rings is 1. The number of halogens is 1. The van der Waals surface area contributed by atoms with Crippen LogP contribution in [0.4, 0.5) is 0 Å². The van der Waals surface area contributed by atoms with E-state index in [-0.39, 0.29) is 5.78 Å². The lowest BCUT2D eigenvalue weighted by atomic mass is 10.1. The molecule has 0 saturated carbocycles. The van der Waals surface area contributed by atoms with Gasteiger partial charge in [0.15, 0.2) is 0 Å². The lowest BCUT2D eigenvalue weighted by molar-refractivity contribution is -0.118. The minimum absolute atomic E-state index is 0.230. The van der Waals surface area contributed by atoms with Crippen molar-refractivity contribution in [1.29, 1.82) is 0 Å². The first-order chi connectivity index (χ1) is 8.74. The average Bonchev–Trinajstić information content (AvgIpc) is 2.40. The van der Waals surface area contributed by atoms with Gasteiger partial charge >= 0.3 is 0 Å². The number of hydrogen-bond donors (Lipinski definition) is 0. The van der Waals surface area contributed by atoms with E-state index in [0.29, 0.717) is 12.8 Å². The Bertz CT molecular complexity index is 508. The molecule has 1 heterocycles. The van der Waals surface area contributed by atoms with E-state index in [1.807, 2.05) is 42.5 Å². The van der Waals surface area contributed by atoms with E-state index in [9.17, 15) is 4.79 Å². The van der Waals surface area contributed by atoms with E-state index in [1.165, 1.54) is 5.56 Å². The summed E-state index contributed by atoms with van der Waals surface area (Å²) >= 11 is 3.33. The maximum atomic E-state index is 11.8. The maximum absolute atomic E-state index is 11.8. The van der Waals surface area contributed by atoms with E-state index in [2.05, 4.69) is 20.9 Å². The second kappa shape index (κ2) is 6.45. The number of carbonyl (C=O) groups is 1. The molecular formula is C15H14BrNO. The summed E-state index contributed by atoms with van der Waals surface area (Å²) in [5.74, 6) is 0.230. The third-order valence-electron chi connectivity index (χ3n) is 2.70. The molecule has 2 rings (SSSR count). The minimum Gasteiger partial charge on any atom is -0.299 e. The van der Waals surface area contributed by atoms with Gasteiger partial charge in [-0.05, 0) is 40.0 Å². The first-order valence-electron chi connectivity index (χ1n) is 5.90. The van der Waals surface area contributed by atoms with Crippen LogP contribution in [0.5, 0.6) is 0 Å². The van der Waals surface area contributed by atoms with Gasteiger partial charge in [-0.15, -0.1) is 0 Å². The van der Waals surface area contributed by atoms with E-state index < -0.39 is 0 Å². The molecular weight excluding hydrogens is 290 g/mol. The van der Waals surface area contributed by atoms with Crippen LogP contribution in [0.3, 0.4) is 0 Å². The van der Waals surface area contributed by atoms with Crippen molar-refractivity contribution in [3.63, 3.8) is 0 Å². The molecule has 0 saturated heterocycles. The largest absolute Gasteiger partial charge is 0.299 e. The molecule has 2 aromatic rings. The Morgan fingerprint density at radius 3 is 2.56 bits per heavy atom. The number of Topliss-reactive ketones (excluding diaryl/α,β-unsaturated/α-hetero) is 1. The molecule has 0 atom stereocenters. The molecule has 1 aromatic heterocycles. The predicted octanol–water partition coefficient (Wildman–Crippen LogP) is 3.59. The number of aryl methyl sites for hydroxylation is 1. The zero-order valence-corrected chi connectivity index (χ0v) is 11.6. The molecule has 3 heteroatoms. The highest BCUT2D eigenvalue weighted by atomic mass is 79.9. The lowest BCUT2D eigenvalue weighted by Gasteiger charge is -2.02. The summed E-state index contributed by atoms with van der Waals surface area (Å²) in [4.78, 5) is 16.0. The van der Waals surface area contributed by atoms with Crippen molar-refractivity contribution in [2.75, 3.05) is 0 Å². The molecule has 0 spiro atoms. The number of ketones is 1. The standard InChI is InChI=1S/C15H14BrNO/c16-13-7-8-14(17-11-13)10-15(18)9-6-12-4-2-1-3-5-12/h1-5,7-8,11H,6,9-10H2. The van der Waals surface area contributed by atoms with Gasteiger partial charge in [0.05, 0.1) is 0 Å². The summed E-state index contributed by atoms with van der Waals surface area (Å²) in [5, 5.41) is 0. The predicted molar refractivity (Wildman–Crippen MR) is 75.4 cm³/mol. The highest BCUT2D eigenvalue weighted by molar-refractivity contribution is 9.10. The van der Waals surface area contributed by atoms with Crippen molar-refractivity contribution < 1.29 is 4.79 Å². The van der Waals surface area contributed by atoms with Crippen molar-refractivity contribution in [3.8, 4) is 0 Å². The minimum atomic E-state index is 0.230. The fraction of sp³-hybridized carbons (Fsp3) is 0.200. The first-order valence-corrected chi connectivity index (χ1v) is 6.69. The summed E-state index contributed by atoms with van der Waals surface area (Å²) in [7, 11) is 0. The summed E-state index contributed by atoms with van der Waals surface area (Å²) in [6.07, 6.45) is 3.51. The Balaban J connectivity index is 1.84. The molecule has 0 amide bonds. The van der Waals surface area contributed by atoms with E-state index in [1.54, 1.807) is 6.20 Å². The zero-order chi connectivity index (χ0) is 12.8. The Kier molecular flexibility index (Phi) is 4.65. The lowest BCUT2D eigenvalue weighted by Crippen LogP contribution is -2.05. The van der Waals surface area contributed by atoms with Crippen molar-refractivity contribution in [3.05, 3.63) is 64.4 Å². The molecule has 0 aliphatic rings. The number of carbonyl (C=O) groups excluding carboxylic acids is 1. The second-order valence-corrected chi connectivity index (χ2v) is 5.08. The van der Waals surface area contributed by atoms with Crippen LogP contribution in [0, 0.1) is 0 Å². The van der Waals surface area contributed by atoms with Gasteiger partial charge in [0, 0.05) is 29.2 Å². The SMILES string of the molecule is O=C(CCc1ccccc1)Cc1ccc(Br)cn1. The monoisotopic (exact) mass is 303 g/mol. The molecule has 0 bridgehead atoms. The Morgan fingerprint density at radius 1 is 1.11 bits per heavy atom. The van der Waals surface area contributed by atoms with Gasteiger partial charge in [-0.25, -0.2) is 0 Å². The Morgan fingerprint density at radius 2 is 1.89 bits per heavy atom. The van der Waals surface area contributed by atoms with Gasteiger partial charge in [0.2, 0.25) is 0 Å². The highest BCUT2D eigenvalue weighted by Crippen LogP contribution is 2.09. The van der Waals surface area contributed by atoms with E-state index in [0.717, 1.165) is 16.6 Å². The van der Waals surface area contributed by atoms with E-state index in [4.69, 9.17) is 0 Å². The third kappa shape index (κ3) is 4.08. The Labute approximate surface area is 115 Å². The third-order valence-corrected chi connectivity index (χ3v) is 3.17. The molecule has 18 heavy (non-hydrogen) atoms. The van der Waals surface area contributed by atoms with Crippen molar-refractivity contribution in [1.82, 2.24) is 4.98 Å². The van der Waals surface area contributed by atoms with Crippen molar-refractivity contribution in [2.24, 2.45) is 0 Å². The average molecular weight is 304 g/mol. The number of hydrogen-bond acceptors (Lipinski definition) is 2. The molecule has 1 aromatic carbocycles. The second-order valence-electron chi connectivity index (χ2n) is 4.17. The van der Waals surface area contributed by atoms with Crippen LogP contribution in [0.15, 0.2) is 53.1 Å². The molecule has 0 aliphatic carbocycles. The summed E-state index contributed by atoms with van der Waals surface area (Å²) in [6.45, 7) is 0. The highest BCUT2D eigenvalue weighted by Gasteiger charge is 2.05. The normalized spacial score (nSPS) is 10.3. The number of benzene rings is 1. The van der Waals surface area contributed by atoms with Gasteiger partial charge in [0.25, 0.3) is 0 Å². The van der Waals surface area contributed by atoms with Crippen LogP contribution in [0.25, 0.3) is 0 Å². The van der Waals surface area contributed by atoms with Crippen LogP contribution in [0.2, 0.25) is 0 Å². The Hall–Kier alpha value is -1.48. The maximum Gasteiger partial charge on any atom is 0.139 e. The summed E-state index contributed by atoms with van der Waals surface area (Å²) < 4.78 is 0.933. The van der Waals surface area contributed by atoms with Crippen LogP contribution in [-0.4, -0.2) is 10.8 Å². The molecule has 0 aliphatic heterocycles. The molecule has 0 fully saturated rings. The number of nitrogens with zero attached hydrogens (tertiary/aromatic N) is 1. The smallest absolute Gasteiger partial charge is 0.139 e. The van der Waals surface area contributed by atoms with Gasteiger partial charge in [-0.1, -0.05) is 30.3 Å². The molecule has 2 nitrogen and oxygen atoms in total. The van der Waals surface area contributed by atoms with Crippen LogP contribution in [0.1, 0.15) is 17.7 Å². The van der Waals surface area contributed by atoms with Gasteiger partial charge in [-0.2, -0.15) is 0 Å². The fourth-order valence-corrected chi connectivity index (χ4v) is 1.96. The fourth-order valence-electron chi connectivity index (χ4n) is 1.73. The first kappa shape index (κ1) is 13.0. The van der Waals surface area contributed by atoms with Crippen molar-refractivity contribution >= 4 is 21.7 Å². The van der Waals surface area contributed by atoms with Gasteiger partial charge in [-0.3, -0.25) is 9.78 Å². The number of aromatic nitrogens is 1. The molecule has 92 valence electrons. The molecule has 0 N–H and O–H groups in total. The molecule has 0 unspecified atom stereocenters. The van der Waals surface area contributed by atoms with Gasteiger partial charge in [0.1, 0.15) is 5.78 Å². The molecule has 0 radical (unpaired) electrons. The van der Waals surface area contributed by atoms with Crippen LogP contribution < -0.4 is 0 Å². The summed E-state index contributed by atoms with van der Waals surface area (Å²) in [6, 6.07) is 13.9. The van der Waals surface area contributed by atoms with E-state index >= 15 is 0 Å². The summed E-state index contributed by atoms with van der Waals surface area (Å²) in [5.41, 5.74) is 2.03. The zero-order valence-electron chi connectivity index (χ0n) is 9.97. The van der Waals surface area contributed by atoms with Crippen LogP contribution >= 0.6 is 15.9 Å². The van der Waals surface area contributed by atoms with Crippen molar-refractivity contribution in [2.45, 2.75) is 19.3 Å². The van der Waals surface area contributed by atoms with Crippen LogP contribution in [-0.2, 0) is 17.6 Å².